The number of sulfonamides is 1. The summed E-state index contributed by atoms with van der Waals surface area (Å²) in [6.07, 6.45) is 3.61. The minimum absolute atomic E-state index is 0.0178. The zero-order valence-electron chi connectivity index (χ0n) is 17.1. The predicted molar refractivity (Wildman–Crippen MR) is 117 cm³/mol. The van der Waals surface area contributed by atoms with Gasteiger partial charge in [0.2, 0.25) is 21.8 Å². The van der Waals surface area contributed by atoms with Crippen LogP contribution >= 0.6 is 11.3 Å². The molecule has 0 radical (unpaired) electrons. The maximum Gasteiger partial charge on any atom is 0.242 e. The van der Waals surface area contributed by atoms with Gasteiger partial charge in [-0.1, -0.05) is 13.3 Å². The largest absolute Gasteiger partial charge is 0.326 e. The minimum Gasteiger partial charge on any atom is -0.326 e. The topological polar surface area (TPSA) is 108 Å². The fraction of sp³-hybridized carbons (Fsp3) is 0.450. The quantitative estimate of drug-likeness (QED) is 0.578. The molecule has 0 saturated heterocycles. The molecular formula is C20H26N4O4S2. The van der Waals surface area contributed by atoms with Crippen molar-refractivity contribution in [2.75, 3.05) is 24.2 Å². The Balaban J connectivity index is 1.54. The van der Waals surface area contributed by atoms with Crippen molar-refractivity contribution in [3.05, 3.63) is 35.3 Å². The van der Waals surface area contributed by atoms with Crippen molar-refractivity contribution in [1.82, 2.24) is 9.29 Å². The molecular weight excluding hydrogens is 424 g/mol. The Labute approximate surface area is 180 Å². The lowest BCUT2D eigenvalue weighted by atomic mass is 10.3. The summed E-state index contributed by atoms with van der Waals surface area (Å²) in [5.41, 5.74) is 1.08. The number of anilines is 2. The van der Waals surface area contributed by atoms with Gasteiger partial charge in [-0.15, -0.1) is 11.3 Å². The first kappa shape index (κ1) is 22.4. The molecule has 2 amide bonds. The highest BCUT2D eigenvalue weighted by molar-refractivity contribution is 7.89. The zero-order valence-corrected chi connectivity index (χ0v) is 18.7. The lowest BCUT2D eigenvalue weighted by Crippen LogP contribution is -2.27. The Bertz CT molecular complexity index is 998. The number of benzene rings is 1. The van der Waals surface area contributed by atoms with E-state index < -0.39 is 10.0 Å². The normalized spacial score (nSPS) is 14.0. The molecule has 1 aliphatic carbocycles. The SMILES string of the molecule is CCCCN(C)S(=O)(=O)c1ccc(NC(=O)Cc2csc(NC(=O)C3CC3)n2)cc1. The number of amides is 2. The third-order valence-electron chi connectivity index (χ3n) is 4.74. The van der Waals surface area contributed by atoms with Gasteiger partial charge in [-0.25, -0.2) is 17.7 Å². The Hall–Kier alpha value is -2.30. The van der Waals surface area contributed by atoms with Gasteiger partial charge < -0.3 is 10.6 Å². The van der Waals surface area contributed by atoms with E-state index in [0.29, 0.717) is 23.1 Å². The van der Waals surface area contributed by atoms with Crippen molar-refractivity contribution in [1.29, 1.82) is 0 Å². The molecule has 30 heavy (non-hydrogen) atoms. The molecule has 2 aromatic rings. The predicted octanol–water partition coefficient (Wildman–Crippen LogP) is 3.09. The number of thiazole rings is 1. The number of aromatic nitrogens is 1. The molecule has 162 valence electrons. The highest BCUT2D eigenvalue weighted by Crippen LogP contribution is 2.30. The highest BCUT2D eigenvalue weighted by Gasteiger charge is 2.30. The van der Waals surface area contributed by atoms with Crippen molar-refractivity contribution < 1.29 is 18.0 Å². The number of unbranched alkanes of at least 4 members (excludes halogenated alkanes) is 1. The van der Waals surface area contributed by atoms with Crippen molar-refractivity contribution in [2.24, 2.45) is 5.92 Å². The van der Waals surface area contributed by atoms with Crippen LogP contribution in [-0.4, -0.2) is 43.1 Å². The van der Waals surface area contributed by atoms with Gasteiger partial charge in [0.15, 0.2) is 5.13 Å². The van der Waals surface area contributed by atoms with E-state index in [2.05, 4.69) is 15.6 Å². The van der Waals surface area contributed by atoms with Crippen LogP contribution in [0.15, 0.2) is 34.5 Å². The van der Waals surface area contributed by atoms with Crippen LogP contribution in [-0.2, 0) is 26.0 Å². The first-order valence-electron chi connectivity index (χ1n) is 9.91. The molecule has 1 aromatic heterocycles. The average molecular weight is 451 g/mol. The van der Waals surface area contributed by atoms with E-state index in [4.69, 9.17) is 0 Å². The maximum atomic E-state index is 12.5. The van der Waals surface area contributed by atoms with Gasteiger partial charge in [-0.2, -0.15) is 0 Å². The second-order valence-corrected chi connectivity index (χ2v) is 10.2. The van der Waals surface area contributed by atoms with Crippen molar-refractivity contribution >= 4 is 44.0 Å². The number of carbonyl (C=O) groups is 2. The summed E-state index contributed by atoms with van der Waals surface area (Å²) >= 11 is 1.29. The molecule has 1 fully saturated rings. The minimum atomic E-state index is -3.54. The van der Waals surface area contributed by atoms with Crippen LogP contribution in [0, 0.1) is 5.92 Å². The van der Waals surface area contributed by atoms with Crippen molar-refractivity contribution in [3.8, 4) is 0 Å². The summed E-state index contributed by atoms with van der Waals surface area (Å²) in [5.74, 6) is -0.189. The number of nitrogens with one attached hydrogen (secondary N) is 2. The van der Waals surface area contributed by atoms with Crippen molar-refractivity contribution in [2.45, 2.75) is 43.9 Å². The van der Waals surface area contributed by atoms with Crippen LogP contribution < -0.4 is 10.6 Å². The van der Waals surface area contributed by atoms with Gasteiger partial charge >= 0.3 is 0 Å². The summed E-state index contributed by atoms with van der Waals surface area (Å²) in [6, 6.07) is 6.12. The lowest BCUT2D eigenvalue weighted by molar-refractivity contribution is -0.117. The summed E-state index contributed by atoms with van der Waals surface area (Å²) in [6.45, 7) is 2.47. The maximum absolute atomic E-state index is 12.5. The molecule has 0 atom stereocenters. The van der Waals surface area contributed by atoms with E-state index >= 15 is 0 Å². The standard InChI is InChI=1S/C20H26N4O4S2/c1-3-4-11-24(2)30(27,28)17-9-7-15(8-10-17)21-18(25)12-16-13-29-20(22-16)23-19(26)14-5-6-14/h7-10,13-14H,3-6,11-12H2,1-2H3,(H,21,25)(H,22,23,26). The van der Waals surface area contributed by atoms with Gasteiger partial charge in [-0.3, -0.25) is 9.59 Å². The van der Waals surface area contributed by atoms with E-state index in [1.807, 2.05) is 6.92 Å². The number of hydrogen-bond acceptors (Lipinski definition) is 6. The van der Waals surface area contributed by atoms with Crippen LogP contribution in [0.2, 0.25) is 0 Å². The molecule has 1 heterocycles. The van der Waals surface area contributed by atoms with Gasteiger partial charge in [0.25, 0.3) is 0 Å². The first-order valence-corrected chi connectivity index (χ1v) is 12.2. The summed E-state index contributed by atoms with van der Waals surface area (Å²) in [4.78, 5) is 28.5. The average Bonchev–Trinajstić information content (AvgIpc) is 3.48. The third-order valence-corrected chi connectivity index (χ3v) is 7.42. The number of carbonyl (C=O) groups excluding carboxylic acids is 2. The summed E-state index contributed by atoms with van der Waals surface area (Å²) in [5, 5.41) is 7.74. The third kappa shape index (κ3) is 5.87. The van der Waals surface area contributed by atoms with E-state index in [0.717, 1.165) is 25.7 Å². The fourth-order valence-electron chi connectivity index (χ4n) is 2.76. The van der Waals surface area contributed by atoms with E-state index in [1.165, 1.54) is 27.8 Å². The van der Waals surface area contributed by atoms with Crippen LogP contribution in [0.5, 0.6) is 0 Å². The summed E-state index contributed by atoms with van der Waals surface area (Å²) < 4.78 is 26.4. The molecule has 1 aromatic carbocycles. The smallest absolute Gasteiger partial charge is 0.242 e. The number of rotatable bonds is 10. The second kappa shape index (κ2) is 9.67. The Morgan fingerprint density at radius 1 is 1.20 bits per heavy atom. The molecule has 0 aliphatic heterocycles. The molecule has 10 heteroatoms. The Morgan fingerprint density at radius 3 is 2.53 bits per heavy atom. The van der Waals surface area contributed by atoms with Crippen LogP contribution in [0.3, 0.4) is 0 Å². The molecule has 1 saturated carbocycles. The molecule has 0 spiro atoms. The monoisotopic (exact) mass is 450 g/mol. The van der Waals surface area contributed by atoms with Gasteiger partial charge in [0.1, 0.15) is 0 Å². The van der Waals surface area contributed by atoms with Gasteiger partial charge in [-0.05, 0) is 43.5 Å². The van der Waals surface area contributed by atoms with Crippen molar-refractivity contribution in [3.63, 3.8) is 0 Å². The number of nitrogens with zero attached hydrogens (tertiary/aromatic N) is 2. The Kier molecular flexibility index (Phi) is 7.22. The fourth-order valence-corrected chi connectivity index (χ4v) is 4.68. The van der Waals surface area contributed by atoms with Gasteiger partial charge in [0.05, 0.1) is 17.0 Å². The Morgan fingerprint density at radius 2 is 1.90 bits per heavy atom. The zero-order chi connectivity index (χ0) is 21.7. The molecule has 0 bridgehead atoms. The van der Waals surface area contributed by atoms with E-state index in [9.17, 15) is 18.0 Å². The molecule has 1 aliphatic rings. The van der Waals surface area contributed by atoms with E-state index in [1.54, 1.807) is 24.6 Å². The number of hydrogen-bond donors (Lipinski definition) is 2. The highest BCUT2D eigenvalue weighted by atomic mass is 32.2. The molecule has 8 nitrogen and oxygen atoms in total. The van der Waals surface area contributed by atoms with Crippen LogP contribution in [0.25, 0.3) is 0 Å². The first-order chi connectivity index (χ1) is 14.3. The molecule has 2 N–H and O–H groups in total. The summed E-state index contributed by atoms with van der Waals surface area (Å²) in [7, 11) is -1.97. The van der Waals surface area contributed by atoms with E-state index in [-0.39, 0.29) is 29.0 Å². The van der Waals surface area contributed by atoms with Gasteiger partial charge in [0, 0.05) is 30.6 Å². The van der Waals surface area contributed by atoms with Crippen LogP contribution in [0.1, 0.15) is 38.3 Å². The molecule has 3 rings (SSSR count). The molecule has 0 unspecified atom stereocenters. The second-order valence-electron chi connectivity index (χ2n) is 7.34. The lowest BCUT2D eigenvalue weighted by Gasteiger charge is -2.17. The van der Waals surface area contributed by atoms with Crippen LogP contribution in [0.4, 0.5) is 10.8 Å².